The predicted molar refractivity (Wildman–Crippen MR) is 121 cm³/mol. The normalized spacial score (nSPS) is 11.4. The smallest absolute Gasteiger partial charge is 0.264 e. The molecule has 0 saturated heterocycles. The second kappa shape index (κ2) is 8.59. The highest BCUT2D eigenvalue weighted by atomic mass is 32.2. The quantitative estimate of drug-likeness (QED) is 0.391. The van der Waals surface area contributed by atoms with Gasteiger partial charge in [0.2, 0.25) is 0 Å². The molecule has 0 fully saturated rings. The molecular formula is C25H23NO3S. The molecule has 0 heterocycles. The van der Waals surface area contributed by atoms with E-state index in [1.54, 1.807) is 36.4 Å². The lowest BCUT2D eigenvalue weighted by Crippen LogP contribution is -2.30. The standard InChI is InChI=1S/C25H23NO3S/c1-2-26(22-12-4-3-5-13-22)30(27,28)24-17-15-23(16-18-24)29-19-21-11-8-10-20-9-6-7-14-25(20)21/h3-18H,2,19H2,1H3. The van der Waals surface area contributed by atoms with Crippen molar-refractivity contribution in [2.45, 2.75) is 18.4 Å². The Morgan fingerprint density at radius 2 is 1.43 bits per heavy atom. The minimum Gasteiger partial charge on any atom is -0.489 e. The SMILES string of the molecule is CCN(c1ccccc1)S(=O)(=O)c1ccc(OCc2cccc3ccccc23)cc1. The number of para-hydroxylation sites is 1. The maximum Gasteiger partial charge on any atom is 0.264 e. The van der Waals surface area contributed by atoms with Crippen LogP contribution < -0.4 is 9.04 Å². The zero-order chi connectivity index (χ0) is 21.0. The molecule has 30 heavy (non-hydrogen) atoms. The molecule has 5 heteroatoms. The van der Waals surface area contributed by atoms with Gasteiger partial charge < -0.3 is 4.74 Å². The van der Waals surface area contributed by atoms with Crippen molar-refractivity contribution < 1.29 is 13.2 Å². The summed E-state index contributed by atoms with van der Waals surface area (Å²) in [6.45, 7) is 2.59. The Morgan fingerprint density at radius 1 is 0.767 bits per heavy atom. The fourth-order valence-electron chi connectivity index (χ4n) is 3.50. The Morgan fingerprint density at radius 3 is 2.17 bits per heavy atom. The number of rotatable bonds is 7. The number of hydrogen-bond acceptors (Lipinski definition) is 3. The van der Waals surface area contributed by atoms with Gasteiger partial charge in [0.1, 0.15) is 12.4 Å². The molecule has 0 spiro atoms. The van der Waals surface area contributed by atoms with Gasteiger partial charge in [-0.1, -0.05) is 60.7 Å². The summed E-state index contributed by atoms with van der Waals surface area (Å²) < 4.78 is 33.5. The Labute approximate surface area is 177 Å². The van der Waals surface area contributed by atoms with Crippen LogP contribution in [0.15, 0.2) is 102 Å². The second-order valence-electron chi connectivity index (χ2n) is 6.90. The average molecular weight is 418 g/mol. The third-order valence-electron chi connectivity index (χ3n) is 5.02. The molecule has 0 aliphatic rings. The van der Waals surface area contributed by atoms with Crippen molar-refractivity contribution in [3.63, 3.8) is 0 Å². The van der Waals surface area contributed by atoms with Crippen LogP contribution in [0.4, 0.5) is 5.69 Å². The Hall–Kier alpha value is -3.31. The molecule has 0 aromatic heterocycles. The van der Waals surface area contributed by atoms with Gasteiger partial charge in [-0.15, -0.1) is 0 Å². The first kappa shape index (κ1) is 20.0. The van der Waals surface area contributed by atoms with E-state index < -0.39 is 10.0 Å². The van der Waals surface area contributed by atoms with E-state index in [9.17, 15) is 8.42 Å². The van der Waals surface area contributed by atoms with Gasteiger partial charge in [-0.3, -0.25) is 4.31 Å². The van der Waals surface area contributed by atoms with E-state index in [1.807, 2.05) is 49.4 Å². The Balaban J connectivity index is 1.52. The molecule has 0 bridgehead atoms. The van der Waals surface area contributed by atoms with Crippen molar-refractivity contribution in [2.75, 3.05) is 10.8 Å². The Kier molecular flexibility index (Phi) is 5.72. The minimum absolute atomic E-state index is 0.241. The summed E-state index contributed by atoms with van der Waals surface area (Å²) in [7, 11) is -3.64. The highest BCUT2D eigenvalue weighted by molar-refractivity contribution is 7.92. The molecule has 0 N–H and O–H groups in total. The first-order chi connectivity index (χ1) is 14.6. The second-order valence-corrected chi connectivity index (χ2v) is 8.77. The fourth-order valence-corrected chi connectivity index (χ4v) is 4.97. The number of anilines is 1. The van der Waals surface area contributed by atoms with Crippen molar-refractivity contribution in [2.24, 2.45) is 0 Å². The van der Waals surface area contributed by atoms with Crippen molar-refractivity contribution in [3.05, 3.63) is 103 Å². The number of sulfonamides is 1. The zero-order valence-electron chi connectivity index (χ0n) is 16.7. The molecular weight excluding hydrogens is 394 g/mol. The number of nitrogens with zero attached hydrogens (tertiary/aromatic N) is 1. The van der Waals surface area contributed by atoms with Crippen LogP contribution in [0.1, 0.15) is 12.5 Å². The third-order valence-corrected chi connectivity index (χ3v) is 6.93. The zero-order valence-corrected chi connectivity index (χ0v) is 17.5. The van der Waals surface area contributed by atoms with Crippen LogP contribution in [0.3, 0.4) is 0 Å². The summed E-state index contributed by atoms with van der Waals surface area (Å²) in [5.74, 6) is 0.629. The molecule has 0 aliphatic carbocycles. The molecule has 4 rings (SSSR count). The van der Waals surface area contributed by atoms with Gasteiger partial charge in [-0.25, -0.2) is 8.42 Å². The lowest BCUT2D eigenvalue weighted by atomic mass is 10.1. The highest BCUT2D eigenvalue weighted by Gasteiger charge is 2.23. The van der Waals surface area contributed by atoms with Gasteiger partial charge in [-0.2, -0.15) is 0 Å². The van der Waals surface area contributed by atoms with Crippen molar-refractivity contribution >= 4 is 26.5 Å². The summed E-state index contributed by atoms with van der Waals surface area (Å²) in [5, 5.41) is 2.32. The molecule has 0 atom stereocenters. The van der Waals surface area contributed by atoms with Crippen molar-refractivity contribution in [3.8, 4) is 5.75 Å². The monoisotopic (exact) mass is 417 g/mol. The van der Waals surface area contributed by atoms with Crippen LogP contribution in [0.5, 0.6) is 5.75 Å². The van der Waals surface area contributed by atoms with E-state index in [0.29, 0.717) is 24.6 Å². The maximum absolute atomic E-state index is 13.1. The van der Waals surface area contributed by atoms with Gasteiger partial charge in [0.25, 0.3) is 10.0 Å². The number of benzene rings is 4. The summed E-state index contributed by atoms with van der Waals surface area (Å²) in [5.41, 5.74) is 1.74. The molecule has 0 amide bonds. The molecule has 0 unspecified atom stereocenters. The maximum atomic E-state index is 13.1. The first-order valence-corrected chi connectivity index (χ1v) is 11.3. The summed E-state index contributed by atoms with van der Waals surface area (Å²) in [6.07, 6.45) is 0. The van der Waals surface area contributed by atoms with Gasteiger partial charge >= 0.3 is 0 Å². The van der Waals surface area contributed by atoms with E-state index in [-0.39, 0.29) is 4.90 Å². The fraction of sp³-hybridized carbons (Fsp3) is 0.120. The van der Waals surface area contributed by atoms with E-state index in [2.05, 4.69) is 18.2 Å². The van der Waals surface area contributed by atoms with Crippen LogP contribution in [0.25, 0.3) is 10.8 Å². The van der Waals surface area contributed by atoms with E-state index in [4.69, 9.17) is 4.74 Å². The van der Waals surface area contributed by atoms with Crippen LogP contribution in [-0.4, -0.2) is 15.0 Å². The molecule has 4 nitrogen and oxygen atoms in total. The van der Waals surface area contributed by atoms with Crippen LogP contribution >= 0.6 is 0 Å². The Bertz CT molecular complexity index is 1230. The van der Waals surface area contributed by atoms with Gasteiger partial charge in [0.15, 0.2) is 0 Å². The summed E-state index contributed by atoms with van der Waals surface area (Å²) in [4.78, 5) is 0.241. The molecule has 4 aromatic carbocycles. The van der Waals surface area contributed by atoms with Gasteiger partial charge in [0.05, 0.1) is 10.6 Å². The molecule has 4 aromatic rings. The van der Waals surface area contributed by atoms with Crippen LogP contribution in [0, 0.1) is 0 Å². The summed E-state index contributed by atoms with van der Waals surface area (Å²) in [6, 6.07) is 30.0. The number of fused-ring (bicyclic) bond motifs is 1. The number of ether oxygens (including phenoxy) is 1. The summed E-state index contributed by atoms with van der Waals surface area (Å²) >= 11 is 0. The third kappa shape index (κ3) is 4.02. The lowest BCUT2D eigenvalue weighted by Gasteiger charge is -2.23. The first-order valence-electron chi connectivity index (χ1n) is 9.87. The van der Waals surface area contributed by atoms with E-state index in [0.717, 1.165) is 10.9 Å². The minimum atomic E-state index is -3.64. The van der Waals surface area contributed by atoms with E-state index >= 15 is 0 Å². The van der Waals surface area contributed by atoms with Gasteiger partial charge in [0, 0.05) is 6.54 Å². The van der Waals surface area contributed by atoms with Gasteiger partial charge in [-0.05, 0) is 59.7 Å². The molecule has 0 saturated carbocycles. The number of hydrogen-bond donors (Lipinski definition) is 0. The van der Waals surface area contributed by atoms with E-state index in [1.165, 1.54) is 9.69 Å². The van der Waals surface area contributed by atoms with Crippen LogP contribution in [0.2, 0.25) is 0 Å². The molecule has 0 aliphatic heterocycles. The van der Waals surface area contributed by atoms with Crippen molar-refractivity contribution in [1.82, 2.24) is 0 Å². The van der Waals surface area contributed by atoms with Crippen molar-refractivity contribution in [1.29, 1.82) is 0 Å². The predicted octanol–water partition coefficient (Wildman–Crippen LogP) is 5.63. The molecule has 152 valence electrons. The largest absolute Gasteiger partial charge is 0.489 e. The molecule has 0 radical (unpaired) electrons. The average Bonchev–Trinajstić information content (AvgIpc) is 2.79. The van der Waals surface area contributed by atoms with Crippen LogP contribution in [-0.2, 0) is 16.6 Å². The lowest BCUT2D eigenvalue weighted by molar-refractivity contribution is 0.307. The topological polar surface area (TPSA) is 46.6 Å². The highest BCUT2D eigenvalue weighted by Crippen LogP contribution is 2.26.